The number of alkyl halides is 1. The van der Waals surface area contributed by atoms with Crippen molar-refractivity contribution in [2.45, 2.75) is 38.2 Å². The van der Waals surface area contributed by atoms with Gasteiger partial charge in [0.25, 0.3) is 0 Å². The van der Waals surface area contributed by atoms with E-state index in [1.807, 2.05) is 30.3 Å². The first-order chi connectivity index (χ1) is 7.16. The summed E-state index contributed by atoms with van der Waals surface area (Å²) in [5, 5.41) is 0.260. The highest BCUT2D eigenvalue weighted by molar-refractivity contribution is 6.21. The Bertz CT molecular complexity index is 325. The van der Waals surface area contributed by atoms with Crippen LogP contribution in [-0.4, -0.2) is 11.5 Å². The molecule has 1 aliphatic rings. The van der Waals surface area contributed by atoms with Crippen LogP contribution in [0.25, 0.3) is 0 Å². The number of hydrogen-bond donors (Lipinski definition) is 0. The number of hydrogen-bond acceptors (Lipinski definition) is 1. The fourth-order valence-corrected chi connectivity index (χ4v) is 2.52. The lowest BCUT2D eigenvalue weighted by molar-refractivity contribution is -0.0294. The van der Waals surface area contributed by atoms with Gasteiger partial charge in [-0.3, -0.25) is 0 Å². The minimum Gasteiger partial charge on any atom is -0.490 e. The standard InChI is InChI=1S/C13H17ClO/c1-3-13(2)11(14)9-12(13)15-10-7-5-4-6-8-10/h4-8,11-12H,3,9H2,1-2H3. The minimum atomic E-state index is 0.136. The molecular formula is C13H17ClO. The van der Waals surface area contributed by atoms with Crippen molar-refractivity contribution < 1.29 is 4.74 Å². The van der Waals surface area contributed by atoms with E-state index < -0.39 is 0 Å². The molecule has 1 fully saturated rings. The van der Waals surface area contributed by atoms with Gasteiger partial charge >= 0.3 is 0 Å². The van der Waals surface area contributed by atoms with Gasteiger partial charge in [0.15, 0.2) is 0 Å². The third kappa shape index (κ3) is 1.85. The first-order valence-corrected chi connectivity index (χ1v) is 5.96. The van der Waals surface area contributed by atoms with Gasteiger partial charge in [-0.15, -0.1) is 11.6 Å². The highest BCUT2D eigenvalue weighted by Gasteiger charge is 2.51. The molecule has 0 saturated heterocycles. The van der Waals surface area contributed by atoms with E-state index >= 15 is 0 Å². The summed E-state index contributed by atoms with van der Waals surface area (Å²) in [4.78, 5) is 0. The molecule has 82 valence electrons. The lowest BCUT2D eigenvalue weighted by Gasteiger charge is -2.50. The van der Waals surface area contributed by atoms with Gasteiger partial charge in [0.1, 0.15) is 11.9 Å². The third-order valence-corrected chi connectivity index (χ3v) is 4.33. The van der Waals surface area contributed by atoms with Gasteiger partial charge in [0.2, 0.25) is 0 Å². The molecule has 0 bridgehead atoms. The molecule has 0 spiro atoms. The van der Waals surface area contributed by atoms with E-state index in [-0.39, 0.29) is 16.9 Å². The average molecular weight is 225 g/mol. The van der Waals surface area contributed by atoms with E-state index in [0.29, 0.717) is 0 Å². The maximum absolute atomic E-state index is 6.24. The third-order valence-electron chi connectivity index (χ3n) is 3.66. The predicted octanol–water partition coefficient (Wildman–Crippen LogP) is 3.86. The maximum atomic E-state index is 6.24. The van der Waals surface area contributed by atoms with Gasteiger partial charge in [0, 0.05) is 17.2 Å². The molecule has 2 rings (SSSR count). The van der Waals surface area contributed by atoms with Crippen molar-refractivity contribution >= 4 is 11.6 Å². The summed E-state index contributed by atoms with van der Waals surface area (Å²) >= 11 is 6.24. The molecule has 2 heteroatoms. The number of benzene rings is 1. The molecule has 1 aromatic rings. The average Bonchev–Trinajstić information content (AvgIpc) is 2.29. The number of para-hydroxylation sites is 1. The van der Waals surface area contributed by atoms with Crippen LogP contribution in [0.2, 0.25) is 0 Å². The summed E-state index contributed by atoms with van der Waals surface area (Å²) in [7, 11) is 0. The monoisotopic (exact) mass is 224 g/mol. The summed E-state index contributed by atoms with van der Waals surface area (Å²) < 4.78 is 5.94. The fraction of sp³-hybridized carbons (Fsp3) is 0.538. The quantitative estimate of drug-likeness (QED) is 0.709. The Morgan fingerprint density at radius 3 is 2.60 bits per heavy atom. The molecule has 15 heavy (non-hydrogen) atoms. The van der Waals surface area contributed by atoms with Crippen molar-refractivity contribution in [3.63, 3.8) is 0 Å². The van der Waals surface area contributed by atoms with Gasteiger partial charge in [-0.2, -0.15) is 0 Å². The van der Waals surface area contributed by atoms with E-state index in [1.165, 1.54) is 0 Å². The van der Waals surface area contributed by atoms with E-state index in [1.54, 1.807) is 0 Å². The molecule has 3 unspecified atom stereocenters. The minimum absolute atomic E-state index is 0.136. The van der Waals surface area contributed by atoms with Crippen LogP contribution in [-0.2, 0) is 0 Å². The van der Waals surface area contributed by atoms with E-state index in [9.17, 15) is 0 Å². The second-order valence-corrected chi connectivity index (χ2v) is 5.01. The largest absolute Gasteiger partial charge is 0.490 e. The van der Waals surface area contributed by atoms with Gasteiger partial charge in [-0.05, 0) is 18.6 Å². The van der Waals surface area contributed by atoms with Crippen LogP contribution in [0.3, 0.4) is 0 Å². The molecule has 1 aromatic carbocycles. The topological polar surface area (TPSA) is 9.23 Å². The Morgan fingerprint density at radius 2 is 2.07 bits per heavy atom. The molecule has 0 aliphatic heterocycles. The highest BCUT2D eigenvalue weighted by Crippen LogP contribution is 2.49. The zero-order valence-corrected chi connectivity index (χ0v) is 10.00. The predicted molar refractivity (Wildman–Crippen MR) is 63.5 cm³/mol. The molecule has 0 amide bonds. The summed E-state index contributed by atoms with van der Waals surface area (Å²) in [5.74, 6) is 0.950. The molecule has 3 atom stereocenters. The second kappa shape index (κ2) is 4.05. The summed E-state index contributed by atoms with van der Waals surface area (Å²) in [6.45, 7) is 4.39. The van der Waals surface area contributed by atoms with Crippen molar-refractivity contribution in [2.75, 3.05) is 0 Å². The SMILES string of the molecule is CCC1(C)C(Cl)CC1Oc1ccccc1. The van der Waals surface area contributed by atoms with Crippen LogP contribution in [0.1, 0.15) is 26.7 Å². The van der Waals surface area contributed by atoms with E-state index in [4.69, 9.17) is 16.3 Å². The summed E-state index contributed by atoms with van der Waals surface area (Å²) in [6, 6.07) is 9.98. The fourth-order valence-electron chi connectivity index (χ4n) is 2.06. The van der Waals surface area contributed by atoms with Crippen LogP contribution in [0.4, 0.5) is 0 Å². The Balaban J connectivity index is 2.03. The van der Waals surface area contributed by atoms with Crippen LogP contribution in [0.15, 0.2) is 30.3 Å². The smallest absolute Gasteiger partial charge is 0.119 e. The maximum Gasteiger partial charge on any atom is 0.119 e. The van der Waals surface area contributed by atoms with E-state index in [0.717, 1.165) is 18.6 Å². The van der Waals surface area contributed by atoms with Crippen molar-refractivity contribution in [3.8, 4) is 5.75 Å². The lowest BCUT2D eigenvalue weighted by Crippen LogP contribution is -2.55. The number of rotatable bonds is 3. The second-order valence-electron chi connectivity index (χ2n) is 4.48. The summed E-state index contributed by atoms with van der Waals surface area (Å²) in [5.41, 5.74) is 0.136. The Hall–Kier alpha value is -0.690. The van der Waals surface area contributed by atoms with Gasteiger partial charge < -0.3 is 4.74 Å². The molecule has 1 saturated carbocycles. The highest BCUT2D eigenvalue weighted by atomic mass is 35.5. The van der Waals surface area contributed by atoms with E-state index in [2.05, 4.69) is 13.8 Å². The van der Waals surface area contributed by atoms with Crippen LogP contribution < -0.4 is 4.74 Å². The normalized spacial score (nSPS) is 34.6. The molecule has 0 heterocycles. The molecule has 0 N–H and O–H groups in total. The van der Waals surface area contributed by atoms with Gasteiger partial charge in [-0.1, -0.05) is 32.0 Å². The first-order valence-electron chi connectivity index (χ1n) is 5.52. The lowest BCUT2D eigenvalue weighted by atomic mass is 9.65. The number of halogens is 1. The Morgan fingerprint density at radius 1 is 1.40 bits per heavy atom. The van der Waals surface area contributed by atoms with Crippen LogP contribution in [0.5, 0.6) is 5.75 Å². The van der Waals surface area contributed by atoms with Gasteiger partial charge in [-0.25, -0.2) is 0 Å². The van der Waals surface area contributed by atoms with Crippen LogP contribution >= 0.6 is 11.6 Å². The molecular weight excluding hydrogens is 208 g/mol. The molecule has 1 nitrogen and oxygen atoms in total. The zero-order chi connectivity index (χ0) is 10.9. The molecule has 0 aromatic heterocycles. The Labute approximate surface area is 96.4 Å². The first kappa shape index (κ1) is 10.8. The van der Waals surface area contributed by atoms with Crippen molar-refractivity contribution in [1.29, 1.82) is 0 Å². The zero-order valence-electron chi connectivity index (χ0n) is 9.24. The van der Waals surface area contributed by atoms with Crippen LogP contribution in [0, 0.1) is 5.41 Å². The van der Waals surface area contributed by atoms with Crippen molar-refractivity contribution in [1.82, 2.24) is 0 Å². The van der Waals surface area contributed by atoms with Gasteiger partial charge in [0.05, 0.1) is 0 Å². The molecule has 0 radical (unpaired) electrons. The molecule has 1 aliphatic carbocycles. The summed E-state index contributed by atoms with van der Waals surface area (Å²) in [6.07, 6.45) is 2.30. The number of ether oxygens (including phenoxy) is 1. The van der Waals surface area contributed by atoms with Crippen molar-refractivity contribution in [2.24, 2.45) is 5.41 Å². The Kier molecular flexibility index (Phi) is 2.92. The van der Waals surface area contributed by atoms with Crippen molar-refractivity contribution in [3.05, 3.63) is 30.3 Å².